The molecule has 1 fully saturated rings. The second kappa shape index (κ2) is 11.5. The van der Waals surface area contributed by atoms with Crippen molar-refractivity contribution in [3.8, 4) is 11.5 Å². The Bertz CT molecular complexity index is 1130. The smallest absolute Gasteiger partial charge is 0.253 e. The van der Waals surface area contributed by atoms with E-state index in [2.05, 4.69) is 29.0 Å². The summed E-state index contributed by atoms with van der Waals surface area (Å²) in [6.07, 6.45) is 1.66. The molecule has 1 saturated heterocycles. The van der Waals surface area contributed by atoms with Crippen LogP contribution in [0.5, 0.6) is 0 Å². The fourth-order valence-electron chi connectivity index (χ4n) is 4.80. The van der Waals surface area contributed by atoms with E-state index in [-0.39, 0.29) is 23.7 Å². The number of carbonyl (C=O) groups is 2. The van der Waals surface area contributed by atoms with E-state index < -0.39 is 0 Å². The van der Waals surface area contributed by atoms with Gasteiger partial charge in [-0.1, -0.05) is 39.0 Å². The molecule has 0 saturated carbocycles. The molecular weight excluding hydrogens is 440 g/mol. The largest absolute Gasteiger partial charge is 0.436 e. The van der Waals surface area contributed by atoms with Gasteiger partial charge in [0.2, 0.25) is 11.8 Å². The van der Waals surface area contributed by atoms with Crippen molar-refractivity contribution in [1.82, 2.24) is 20.1 Å². The van der Waals surface area contributed by atoms with Crippen LogP contribution in [0.25, 0.3) is 22.6 Å². The van der Waals surface area contributed by atoms with Crippen molar-refractivity contribution in [3.63, 3.8) is 0 Å². The van der Waals surface area contributed by atoms with Crippen molar-refractivity contribution >= 4 is 22.9 Å². The monoisotopic (exact) mass is 476 g/mol. The fourth-order valence-corrected chi connectivity index (χ4v) is 4.80. The Morgan fingerprint density at radius 2 is 1.83 bits per heavy atom. The Hall–Kier alpha value is -3.19. The Morgan fingerprint density at radius 3 is 2.51 bits per heavy atom. The number of oxazole rings is 1. The first-order valence-corrected chi connectivity index (χ1v) is 12.8. The van der Waals surface area contributed by atoms with Crippen LogP contribution >= 0.6 is 0 Å². The third kappa shape index (κ3) is 5.90. The maximum atomic E-state index is 13.2. The Balaban J connectivity index is 1.32. The van der Waals surface area contributed by atoms with E-state index in [9.17, 15) is 9.59 Å². The van der Waals surface area contributed by atoms with E-state index in [4.69, 9.17) is 4.42 Å². The van der Waals surface area contributed by atoms with Crippen molar-refractivity contribution in [2.24, 2.45) is 11.8 Å². The van der Waals surface area contributed by atoms with Crippen molar-refractivity contribution in [1.29, 1.82) is 0 Å². The van der Waals surface area contributed by atoms with Crippen LogP contribution < -0.4 is 5.32 Å². The van der Waals surface area contributed by atoms with Crippen molar-refractivity contribution < 1.29 is 14.0 Å². The van der Waals surface area contributed by atoms with Gasteiger partial charge in [0, 0.05) is 43.2 Å². The predicted octanol–water partition coefficient (Wildman–Crippen LogP) is 4.44. The predicted molar refractivity (Wildman–Crippen MR) is 138 cm³/mol. The molecule has 0 bridgehead atoms. The molecule has 0 spiro atoms. The molecular formula is C28H36N4O3. The number of fused-ring (bicyclic) bond motifs is 1. The van der Waals surface area contributed by atoms with Crippen LogP contribution in [0.4, 0.5) is 0 Å². The topological polar surface area (TPSA) is 78.7 Å². The van der Waals surface area contributed by atoms with Gasteiger partial charge in [-0.05, 0) is 62.2 Å². The summed E-state index contributed by atoms with van der Waals surface area (Å²) < 4.78 is 5.94. The van der Waals surface area contributed by atoms with E-state index in [0.717, 1.165) is 43.6 Å². The van der Waals surface area contributed by atoms with Gasteiger partial charge in [-0.25, -0.2) is 4.98 Å². The number of rotatable bonds is 9. The lowest BCUT2D eigenvalue weighted by molar-refractivity contribution is -0.126. The van der Waals surface area contributed by atoms with Crippen LogP contribution in [0.3, 0.4) is 0 Å². The van der Waals surface area contributed by atoms with E-state index in [1.807, 2.05) is 54.3 Å². The van der Waals surface area contributed by atoms with Crippen molar-refractivity contribution in [3.05, 3.63) is 54.1 Å². The summed E-state index contributed by atoms with van der Waals surface area (Å²) in [5.74, 6) is 0.908. The van der Waals surface area contributed by atoms with Crippen LogP contribution in [0, 0.1) is 11.8 Å². The number of hydrogen-bond acceptors (Lipinski definition) is 5. The summed E-state index contributed by atoms with van der Waals surface area (Å²) in [7, 11) is 0. The number of amides is 2. The molecule has 7 nitrogen and oxygen atoms in total. The third-order valence-corrected chi connectivity index (χ3v) is 7.23. The Morgan fingerprint density at radius 1 is 1.11 bits per heavy atom. The minimum atomic E-state index is -0.0501. The van der Waals surface area contributed by atoms with Gasteiger partial charge in [-0.2, -0.15) is 0 Å². The molecule has 2 aromatic carbocycles. The van der Waals surface area contributed by atoms with Crippen molar-refractivity contribution in [2.45, 2.75) is 33.6 Å². The van der Waals surface area contributed by atoms with Gasteiger partial charge in [-0.15, -0.1) is 0 Å². The zero-order valence-electron chi connectivity index (χ0n) is 21.0. The van der Waals surface area contributed by atoms with Gasteiger partial charge in [0.25, 0.3) is 5.91 Å². The molecule has 1 aromatic heterocycles. The lowest BCUT2D eigenvalue weighted by Crippen LogP contribution is -2.43. The van der Waals surface area contributed by atoms with Crippen molar-refractivity contribution in [2.75, 3.05) is 39.3 Å². The van der Waals surface area contributed by atoms with Crippen LogP contribution in [-0.4, -0.2) is 65.9 Å². The molecule has 3 aromatic rings. The zero-order chi connectivity index (χ0) is 24.8. The number of likely N-dealkylation sites (tertiary alicyclic amines) is 1. The molecule has 2 heterocycles. The standard InChI is InChI=1S/C28H36N4O3/c1-4-31(5-2)18-15-29-26(33)20(3)21-13-16-32(17-14-21)28(34)23-11-12-24-25(19-23)35-27(30-24)22-9-7-6-8-10-22/h6-12,19-21H,4-5,13-18H2,1-3H3,(H,29,33). The average Bonchev–Trinajstić information content (AvgIpc) is 3.34. The highest BCUT2D eigenvalue weighted by Gasteiger charge is 2.30. The summed E-state index contributed by atoms with van der Waals surface area (Å²) >= 11 is 0. The SMILES string of the molecule is CCN(CC)CCNC(=O)C(C)C1CCN(C(=O)c2ccc3nc(-c4ccccc4)oc3c2)CC1. The second-order valence-corrected chi connectivity index (χ2v) is 9.30. The number of benzene rings is 2. The first-order chi connectivity index (χ1) is 17.0. The number of nitrogens with one attached hydrogen (secondary N) is 1. The minimum absolute atomic E-state index is 0.000613. The molecule has 7 heteroatoms. The summed E-state index contributed by atoms with van der Waals surface area (Å²) in [6, 6.07) is 15.2. The average molecular weight is 477 g/mol. The number of piperidine rings is 1. The van der Waals surface area contributed by atoms with Gasteiger partial charge in [-0.3, -0.25) is 9.59 Å². The molecule has 186 valence electrons. The quantitative estimate of drug-likeness (QED) is 0.494. The number of likely N-dealkylation sites (N-methyl/N-ethyl adjacent to an activating group) is 1. The van der Waals surface area contributed by atoms with E-state index in [1.54, 1.807) is 6.07 Å². The molecule has 2 amide bonds. The van der Waals surface area contributed by atoms with Gasteiger partial charge in [0.1, 0.15) is 5.52 Å². The second-order valence-electron chi connectivity index (χ2n) is 9.30. The summed E-state index contributed by atoms with van der Waals surface area (Å²) in [4.78, 5) is 34.5. The maximum absolute atomic E-state index is 13.2. The number of carbonyl (C=O) groups excluding carboxylic acids is 2. The molecule has 35 heavy (non-hydrogen) atoms. The van der Waals surface area contributed by atoms with Crippen LogP contribution in [-0.2, 0) is 4.79 Å². The molecule has 1 aliphatic heterocycles. The van der Waals surface area contributed by atoms with Gasteiger partial charge < -0.3 is 19.5 Å². The molecule has 0 aliphatic carbocycles. The number of aromatic nitrogens is 1. The lowest BCUT2D eigenvalue weighted by atomic mass is 9.84. The first-order valence-electron chi connectivity index (χ1n) is 12.8. The number of nitrogens with zero attached hydrogens (tertiary/aromatic N) is 3. The highest BCUT2D eigenvalue weighted by atomic mass is 16.3. The van der Waals surface area contributed by atoms with Gasteiger partial charge >= 0.3 is 0 Å². The molecule has 1 N–H and O–H groups in total. The normalized spacial score (nSPS) is 15.5. The lowest BCUT2D eigenvalue weighted by Gasteiger charge is -2.34. The maximum Gasteiger partial charge on any atom is 0.253 e. The summed E-state index contributed by atoms with van der Waals surface area (Å²) in [5, 5.41) is 3.09. The highest BCUT2D eigenvalue weighted by molar-refractivity contribution is 5.97. The Labute approximate surface area is 207 Å². The van der Waals surface area contributed by atoms with Crippen LogP contribution in [0.2, 0.25) is 0 Å². The van der Waals surface area contributed by atoms with E-state index in [0.29, 0.717) is 36.7 Å². The molecule has 1 unspecified atom stereocenters. The molecule has 4 rings (SSSR count). The zero-order valence-corrected chi connectivity index (χ0v) is 21.0. The van der Waals surface area contributed by atoms with Gasteiger partial charge in [0.05, 0.1) is 0 Å². The summed E-state index contributed by atoms with van der Waals surface area (Å²) in [6.45, 7) is 11.1. The van der Waals surface area contributed by atoms with E-state index in [1.165, 1.54) is 0 Å². The van der Waals surface area contributed by atoms with E-state index >= 15 is 0 Å². The van der Waals surface area contributed by atoms with Gasteiger partial charge in [0.15, 0.2) is 5.58 Å². The fraction of sp³-hybridized carbons (Fsp3) is 0.464. The van der Waals surface area contributed by atoms with Crippen LogP contribution in [0.1, 0.15) is 44.0 Å². The minimum Gasteiger partial charge on any atom is -0.436 e. The van der Waals surface area contributed by atoms with Crippen LogP contribution in [0.15, 0.2) is 52.9 Å². The molecule has 1 atom stereocenters. The Kier molecular flexibility index (Phi) is 8.18. The number of hydrogen-bond donors (Lipinski definition) is 1. The third-order valence-electron chi connectivity index (χ3n) is 7.23. The molecule has 0 radical (unpaired) electrons. The first kappa shape index (κ1) is 24.9. The molecule has 1 aliphatic rings. The highest BCUT2D eigenvalue weighted by Crippen LogP contribution is 2.28. The summed E-state index contributed by atoms with van der Waals surface area (Å²) in [5.41, 5.74) is 2.86.